The quantitative estimate of drug-likeness (QED) is 0.0184. The van der Waals surface area contributed by atoms with Crippen molar-refractivity contribution in [2.75, 3.05) is 13.1 Å². The first-order valence-corrected chi connectivity index (χ1v) is 34.2. The van der Waals surface area contributed by atoms with Gasteiger partial charge in [0.1, 0.15) is 60.4 Å². The van der Waals surface area contributed by atoms with Gasteiger partial charge in [-0.05, 0) is 118 Å². The summed E-state index contributed by atoms with van der Waals surface area (Å²) in [6, 6.07) is -1.72. The Labute approximate surface area is 586 Å². The molecule has 0 saturated heterocycles. The van der Waals surface area contributed by atoms with Crippen LogP contribution >= 0.6 is 0 Å². The van der Waals surface area contributed by atoms with Crippen LogP contribution in [0.2, 0.25) is 0 Å². The Morgan fingerprint density at radius 1 is 0.535 bits per heavy atom. The van der Waals surface area contributed by atoms with E-state index >= 15 is 0 Å². The highest BCUT2D eigenvalue weighted by Gasteiger charge is 2.39. The molecule has 13 atom stereocenters. The molecule has 2 aromatic carbocycles. The van der Waals surface area contributed by atoms with Gasteiger partial charge in [0.15, 0.2) is 18.1 Å². The number of carboxylic acid groups (broad SMARTS) is 2. The van der Waals surface area contributed by atoms with Gasteiger partial charge in [0.05, 0.1) is 19.4 Å². The third kappa shape index (κ3) is 32.1. The number of aliphatic hydroxyl groups excluding tert-OH is 2. The molecule has 0 aliphatic rings. The maximum atomic E-state index is 14.5. The summed E-state index contributed by atoms with van der Waals surface area (Å²) in [4.78, 5) is 166. The number of carbonyl (C=O) groups is 12. The number of nitrogens with one attached hydrogen (secondary N) is 10. The molecule has 0 aliphatic heterocycles. The van der Waals surface area contributed by atoms with Gasteiger partial charge in [-0.2, -0.15) is 0 Å². The number of carbonyl (C=O) groups excluding carboxylic acids is 10. The van der Waals surface area contributed by atoms with Crippen LogP contribution in [0.4, 0.5) is 0 Å². The molecule has 1 heterocycles. The number of benzene rings is 2. The van der Waals surface area contributed by atoms with E-state index in [1.54, 1.807) is 59.9 Å². The molecule has 0 fully saturated rings. The molecule has 0 bridgehead atoms. The van der Waals surface area contributed by atoms with E-state index in [9.17, 15) is 83.1 Å². The number of aromatic amines is 1. The molecule has 35 heteroatoms. The van der Waals surface area contributed by atoms with Crippen molar-refractivity contribution in [2.24, 2.45) is 40.7 Å². The number of primary amides is 2. The second-order valence-corrected chi connectivity index (χ2v) is 27.0. The highest BCUT2D eigenvalue weighted by molar-refractivity contribution is 5.98. The average molecular weight is 1430 g/mol. The maximum Gasteiger partial charge on any atom is 0.326 e. The summed E-state index contributed by atoms with van der Waals surface area (Å²) in [6.45, 7) is 12.5. The van der Waals surface area contributed by atoms with Gasteiger partial charge in [0.2, 0.25) is 59.7 Å². The molecule has 564 valence electrons. The fraction of sp³-hybridized carbons (Fsp3) is 0.606. The van der Waals surface area contributed by atoms with Crippen LogP contribution in [0.1, 0.15) is 137 Å². The zero-order valence-electron chi connectivity index (χ0n) is 58.8. The zero-order chi connectivity index (χ0) is 75.8. The first-order valence-electron chi connectivity index (χ1n) is 34.2. The van der Waals surface area contributed by atoms with Gasteiger partial charge < -0.3 is 118 Å². The summed E-state index contributed by atoms with van der Waals surface area (Å²) in [7, 11) is 0. The molecule has 33 N–H and O–H groups in total. The monoisotopic (exact) mass is 1430 g/mol. The molecular formula is C66H112N18O17+4. The standard InChI is InChI=1S/C66H108N18O17/c1-33(2)25-46(60(95)77-44(21-22-54(88)89)58(93)76-43(15-10-11-23-67)57(92)81-48(27-35(5)6)62(97)82-47(26-34(3)4)61(96)78-45(65(100)101)16-12-24-73-66(71)72)83-64(99)51(31-53(70)87)79-55(90)36(7)75-59(94)49(28-37-17-19-39(85)20-18-37)84-63(98)50(80-56(91)41(68)30-52(69)86)29-38-32-74-42-14-9-8-13-40(38)42/h8-9,13-14,17-20,32-36,41,43-51,56,59,66,73-75,80,85,91,94H,10-12,15-16,21-31,67-68,71-72H2,1-7H3,(H2,69,86)(H2,70,87)(H,76,93)(H,77,95)(H,78,96)(H,79,90)(H,81,92)(H,82,97)(H,83,99)(H,84,98)(H,88,89)(H,100,101)/p+4/t36-,41-,43-,44-,45-,46-,47-,48-,49-,50-,51-,56-,59+/m1/s1. The first-order chi connectivity index (χ1) is 47.5. The summed E-state index contributed by atoms with van der Waals surface area (Å²) in [5.74, 6) is -12.6. The number of hydrogen-bond donors (Lipinski definition) is 23. The highest BCUT2D eigenvalue weighted by atomic mass is 16.4. The van der Waals surface area contributed by atoms with Gasteiger partial charge in [-0.1, -0.05) is 71.9 Å². The summed E-state index contributed by atoms with van der Waals surface area (Å²) in [6.07, 6.45) is -3.60. The number of aliphatic hydroxyl groups is 2. The van der Waals surface area contributed by atoms with Crippen molar-refractivity contribution < 1.29 is 105 Å². The zero-order valence-corrected chi connectivity index (χ0v) is 58.8. The van der Waals surface area contributed by atoms with Crippen LogP contribution in [0.15, 0.2) is 54.7 Å². The van der Waals surface area contributed by atoms with E-state index in [-0.39, 0.29) is 87.8 Å². The Hall–Kier alpha value is -8.94. The summed E-state index contributed by atoms with van der Waals surface area (Å²) >= 11 is 0. The highest BCUT2D eigenvalue weighted by Crippen LogP contribution is 2.20. The van der Waals surface area contributed by atoms with E-state index < -0.39 is 175 Å². The topological polar surface area (TPSA) is 623 Å². The first kappa shape index (κ1) is 86.3. The molecule has 101 heavy (non-hydrogen) atoms. The van der Waals surface area contributed by atoms with Crippen LogP contribution in [0.5, 0.6) is 5.75 Å². The maximum absolute atomic E-state index is 14.5. The predicted molar refractivity (Wildman–Crippen MR) is 367 cm³/mol. The normalized spacial score (nSPS) is 15.5. The van der Waals surface area contributed by atoms with E-state index in [2.05, 4.69) is 64.3 Å². The number of quaternary nitrogens is 4. The molecule has 3 aromatic rings. The van der Waals surface area contributed by atoms with Crippen LogP contribution in [-0.4, -0.2) is 200 Å². The van der Waals surface area contributed by atoms with Crippen molar-refractivity contribution in [3.8, 4) is 5.75 Å². The van der Waals surface area contributed by atoms with Crippen molar-refractivity contribution >= 4 is 81.9 Å². The minimum Gasteiger partial charge on any atom is -0.508 e. The van der Waals surface area contributed by atoms with E-state index in [0.717, 1.165) is 16.2 Å². The number of aliphatic carboxylic acids is 2. The number of phenolic OH excluding ortho intramolecular Hbond substituents is 1. The van der Waals surface area contributed by atoms with Crippen molar-refractivity contribution in [3.63, 3.8) is 0 Å². The molecule has 0 saturated carbocycles. The van der Waals surface area contributed by atoms with E-state index in [4.69, 9.17) is 22.9 Å². The summed E-state index contributed by atoms with van der Waals surface area (Å²) in [5.41, 5.74) is 31.7. The van der Waals surface area contributed by atoms with Crippen molar-refractivity contribution in [2.45, 2.75) is 224 Å². The van der Waals surface area contributed by atoms with Crippen LogP contribution < -0.4 is 92.9 Å². The number of H-pyrrole nitrogens is 1. The smallest absolute Gasteiger partial charge is 0.326 e. The molecule has 0 aliphatic carbocycles. The SMILES string of the molecule is CC(C)C[C@@H](NC(=O)[C@@H](CC(C)C)NC(=O)[C@@H](CCCC[NH3+])NC(=O)[C@@H](CCC(=O)O)NC(=O)[C@@H](CC(C)C)NC(=O)[C@@H](CC(N)=O)NC(=O)[C@@H](C)[NH2+][C@@H](O)[C@@H](Cc1ccc(O)cc1)NC(=O)[C@@H](Cc1c[nH]c2ccccc12)[NH2+][C@H](O)[C@H]([NH3+])CC(N)=O)C(=O)N[C@H](CCCNC(N)N)C(=O)O. The number of para-hydroxylation sites is 1. The van der Waals surface area contributed by atoms with E-state index in [1.165, 1.54) is 24.4 Å². The number of phenols is 1. The minimum atomic E-state index is -1.77. The van der Waals surface area contributed by atoms with Crippen molar-refractivity contribution in [1.29, 1.82) is 0 Å². The second-order valence-electron chi connectivity index (χ2n) is 27.0. The lowest BCUT2D eigenvalue weighted by Gasteiger charge is -2.29. The molecule has 10 amide bonds. The van der Waals surface area contributed by atoms with E-state index in [0.29, 0.717) is 30.5 Å². The number of hydrogen-bond acceptors (Lipinski definition) is 18. The molecular weight excluding hydrogens is 1320 g/mol. The Kier molecular flexibility index (Phi) is 37.3. The Morgan fingerprint density at radius 2 is 1.01 bits per heavy atom. The lowest BCUT2D eigenvalue weighted by molar-refractivity contribution is -0.767. The third-order valence-electron chi connectivity index (χ3n) is 16.5. The fourth-order valence-corrected chi connectivity index (χ4v) is 11.1. The number of unbranched alkanes of at least 4 members (excludes halogenated alkanes) is 1. The van der Waals surface area contributed by atoms with Gasteiger partial charge in [0, 0.05) is 36.4 Å². The van der Waals surface area contributed by atoms with Gasteiger partial charge >= 0.3 is 11.9 Å². The number of carboxylic acids is 2. The molecule has 0 radical (unpaired) electrons. The molecule has 0 unspecified atom stereocenters. The minimum absolute atomic E-state index is 0.00511. The van der Waals surface area contributed by atoms with Crippen LogP contribution in [0.3, 0.4) is 0 Å². The average Bonchev–Trinajstić information content (AvgIpc) is 1.74. The molecule has 1 aromatic heterocycles. The van der Waals surface area contributed by atoms with Gasteiger partial charge in [-0.15, -0.1) is 0 Å². The summed E-state index contributed by atoms with van der Waals surface area (Å²) in [5, 5.41) is 79.7. The Morgan fingerprint density at radius 3 is 1.50 bits per heavy atom. The molecule has 3 rings (SSSR count). The van der Waals surface area contributed by atoms with Crippen LogP contribution in [0.25, 0.3) is 10.9 Å². The number of amides is 10. The van der Waals surface area contributed by atoms with E-state index in [1.807, 2.05) is 24.3 Å². The number of aromatic hydroxyl groups is 1. The largest absolute Gasteiger partial charge is 0.508 e. The third-order valence-corrected chi connectivity index (χ3v) is 16.5. The number of aromatic nitrogens is 1. The summed E-state index contributed by atoms with van der Waals surface area (Å²) < 4.78 is 0. The van der Waals surface area contributed by atoms with Crippen LogP contribution in [-0.2, 0) is 70.4 Å². The van der Waals surface area contributed by atoms with Gasteiger partial charge in [-0.3, -0.25) is 58.1 Å². The van der Waals surface area contributed by atoms with Crippen molar-refractivity contribution in [1.82, 2.24) is 52.8 Å². The Balaban J connectivity index is 1.90. The molecule has 35 nitrogen and oxygen atoms in total. The lowest BCUT2D eigenvalue weighted by atomic mass is 9.99. The van der Waals surface area contributed by atoms with Crippen molar-refractivity contribution in [3.05, 3.63) is 65.9 Å². The number of fused-ring (bicyclic) bond motifs is 1. The number of rotatable bonds is 49. The van der Waals surface area contributed by atoms with Gasteiger partial charge in [-0.25, -0.2) is 4.79 Å². The predicted octanol–water partition coefficient (Wildman–Crippen LogP) is -7.51. The van der Waals surface area contributed by atoms with Gasteiger partial charge in [0.25, 0.3) is 11.8 Å². The number of nitrogens with two attached hydrogens (primary N) is 6. The fourth-order valence-electron chi connectivity index (χ4n) is 11.1. The lowest BCUT2D eigenvalue weighted by Crippen LogP contribution is -3.03. The second kappa shape index (κ2) is 43.7. The molecule has 0 spiro atoms. The van der Waals surface area contributed by atoms with Crippen LogP contribution in [0, 0.1) is 17.8 Å². The Bertz CT molecular complexity index is 3210.